The van der Waals surface area contributed by atoms with Gasteiger partial charge in [-0.1, -0.05) is 60.9 Å². The third-order valence-corrected chi connectivity index (χ3v) is 16.6. The molecule has 2 atom stereocenters. The smallest absolute Gasteiger partial charge is 0.330 e. The summed E-state index contributed by atoms with van der Waals surface area (Å²) in [5, 5.41) is 19.5. The molecule has 460 valence electrons. The van der Waals surface area contributed by atoms with Gasteiger partial charge in [0.1, 0.15) is 66.1 Å². The number of allylic oxidation sites excluding steroid dienone is 1. The number of benzene rings is 3. The molecule has 0 saturated heterocycles. The fourth-order valence-corrected chi connectivity index (χ4v) is 11.7. The van der Waals surface area contributed by atoms with E-state index >= 15 is 0 Å². The molecule has 24 heteroatoms. The fourth-order valence-electron chi connectivity index (χ4n) is 9.15. The Hall–Kier alpha value is -8.74. The fraction of sp³-hybridized carbons (Fsp3) is 0.429. The summed E-state index contributed by atoms with van der Waals surface area (Å²) in [5.41, 5.74) is 1.89. The van der Waals surface area contributed by atoms with Crippen LogP contribution in [0.25, 0.3) is 0 Å². The van der Waals surface area contributed by atoms with E-state index in [1.165, 1.54) is 0 Å². The molecule has 2 aliphatic carbocycles. The van der Waals surface area contributed by atoms with Crippen LogP contribution in [-0.4, -0.2) is 98.3 Å². The summed E-state index contributed by atoms with van der Waals surface area (Å²) < 4.78 is 54.1. The predicted octanol–water partition coefficient (Wildman–Crippen LogP) is 9.14. The summed E-state index contributed by atoms with van der Waals surface area (Å²) in [5.74, 6) is -6.80. The van der Waals surface area contributed by atoms with Gasteiger partial charge in [0.2, 0.25) is 0 Å². The number of esters is 10. The Bertz CT molecular complexity index is 3170. The average molecular weight is 1240 g/mol. The number of carbonyl (C=O) groups excluding carboxylic acids is 10. The summed E-state index contributed by atoms with van der Waals surface area (Å²) in [6.07, 6.45) is 3.31. The summed E-state index contributed by atoms with van der Waals surface area (Å²) in [6.45, 7) is 11.1. The van der Waals surface area contributed by atoms with E-state index in [1.807, 2.05) is 12.1 Å². The molecular weight excluding hydrogens is 1170 g/mol. The topological polar surface area (TPSA) is 311 Å². The summed E-state index contributed by atoms with van der Waals surface area (Å²) in [7, 11) is 0. The maximum Gasteiger partial charge on any atom is 0.330 e. The van der Waals surface area contributed by atoms with Gasteiger partial charge in [0.05, 0.1) is 76.6 Å². The number of rotatable bonds is 28. The molecule has 0 spiro atoms. The quantitative estimate of drug-likeness (QED) is 0.0215. The van der Waals surface area contributed by atoms with E-state index in [0.717, 1.165) is 46.8 Å². The average Bonchev–Trinajstić information content (AvgIpc) is 1.96. The van der Waals surface area contributed by atoms with Crippen molar-refractivity contribution in [2.75, 3.05) is 26.4 Å². The summed E-state index contributed by atoms with van der Waals surface area (Å²) in [4.78, 5) is 126. The number of nitrogens with zero attached hydrogens (tertiary/aromatic N) is 2. The van der Waals surface area contributed by atoms with Gasteiger partial charge in [-0.15, -0.1) is 0 Å². The second-order valence-corrected chi connectivity index (χ2v) is 22.8. The molecule has 87 heavy (non-hydrogen) atoms. The highest BCUT2D eigenvalue weighted by Gasteiger charge is 2.38. The minimum atomic E-state index is -0.700. The van der Waals surface area contributed by atoms with Crippen LogP contribution in [0.4, 0.5) is 0 Å². The van der Waals surface area contributed by atoms with Crippen LogP contribution in [0.15, 0.2) is 99.5 Å². The van der Waals surface area contributed by atoms with Crippen LogP contribution in [0.5, 0.6) is 23.0 Å². The van der Waals surface area contributed by atoms with Gasteiger partial charge in [0.25, 0.3) is 0 Å². The maximum absolute atomic E-state index is 13.8. The highest BCUT2D eigenvalue weighted by molar-refractivity contribution is 8.24. The molecule has 0 bridgehead atoms. The van der Waals surface area contributed by atoms with Gasteiger partial charge in [-0.2, -0.15) is 10.5 Å². The minimum absolute atomic E-state index is 0.0471. The van der Waals surface area contributed by atoms with E-state index in [0.29, 0.717) is 95.3 Å². The Labute approximate surface area is 511 Å². The van der Waals surface area contributed by atoms with Gasteiger partial charge >= 0.3 is 59.7 Å². The van der Waals surface area contributed by atoms with Gasteiger partial charge in [-0.3, -0.25) is 38.4 Å². The number of nitriles is 2. The van der Waals surface area contributed by atoms with Crippen molar-refractivity contribution in [3.63, 3.8) is 0 Å². The van der Waals surface area contributed by atoms with Crippen molar-refractivity contribution < 1.29 is 95.3 Å². The first-order chi connectivity index (χ1) is 41.7. The van der Waals surface area contributed by atoms with Crippen molar-refractivity contribution in [3.05, 3.63) is 106 Å². The Morgan fingerprint density at radius 2 is 0.931 bits per heavy atom. The van der Waals surface area contributed by atoms with E-state index in [2.05, 4.69) is 13.2 Å². The molecular formula is C63H66N2O20S2. The first-order valence-electron chi connectivity index (χ1n) is 28.2. The lowest BCUT2D eigenvalue weighted by Gasteiger charge is -2.27. The molecule has 1 heterocycles. The number of fused-ring (bicyclic) bond motifs is 1. The molecule has 0 aromatic heterocycles. The zero-order chi connectivity index (χ0) is 63.0. The van der Waals surface area contributed by atoms with E-state index in [9.17, 15) is 58.5 Å². The van der Waals surface area contributed by atoms with Crippen molar-refractivity contribution in [1.29, 1.82) is 10.5 Å². The first-order valence-corrected chi connectivity index (χ1v) is 29.8. The highest BCUT2D eigenvalue weighted by Crippen LogP contribution is 2.60. The zero-order valence-electron chi connectivity index (χ0n) is 48.3. The minimum Gasteiger partial charge on any atom is -0.465 e. The molecule has 3 aromatic rings. The third kappa shape index (κ3) is 21.3. The van der Waals surface area contributed by atoms with Gasteiger partial charge in [0, 0.05) is 25.0 Å². The van der Waals surface area contributed by atoms with Crippen LogP contribution in [0, 0.1) is 53.3 Å². The highest BCUT2D eigenvalue weighted by atomic mass is 32.2. The lowest BCUT2D eigenvalue weighted by Crippen LogP contribution is -2.31. The molecule has 6 rings (SSSR count). The predicted molar refractivity (Wildman–Crippen MR) is 309 cm³/mol. The van der Waals surface area contributed by atoms with Crippen LogP contribution in [-0.2, 0) is 89.2 Å². The Morgan fingerprint density at radius 3 is 1.39 bits per heavy atom. The van der Waals surface area contributed by atoms with Crippen LogP contribution >= 0.6 is 23.5 Å². The number of ether oxygens (including phenoxy) is 10. The van der Waals surface area contributed by atoms with Crippen LogP contribution < -0.4 is 18.9 Å². The lowest BCUT2D eigenvalue weighted by molar-refractivity contribution is -0.157. The SMILES string of the molecule is C=CC(=O)OCC(C)OC(=O)CCC(=O)OCCc1ccc(OC(=O)C2CCC(C(=O)Oc3c(C)cc(OC(=O)C4CCC(C(=O)Oc5ccc(CCOC(=O)CCC(=O)OCC(C)OC(=O)C=C)cc5)CC4)c4c3SC(=C(C#N)C#N)S4)CC2)cc1. The van der Waals surface area contributed by atoms with E-state index in [1.54, 1.807) is 75.4 Å². The second-order valence-electron chi connectivity index (χ2n) is 20.5. The molecule has 2 unspecified atom stereocenters. The third-order valence-electron chi connectivity index (χ3n) is 13.9. The molecule has 3 aliphatic rings. The molecule has 0 amide bonds. The van der Waals surface area contributed by atoms with Crippen molar-refractivity contribution >= 4 is 83.2 Å². The molecule has 22 nitrogen and oxygen atoms in total. The van der Waals surface area contributed by atoms with Gasteiger partial charge < -0.3 is 47.4 Å². The molecule has 0 N–H and O–H groups in total. The Balaban J connectivity index is 0.916. The molecule has 0 radical (unpaired) electrons. The number of hydrogen-bond acceptors (Lipinski definition) is 24. The number of hydrogen-bond donors (Lipinski definition) is 0. The maximum atomic E-state index is 13.8. The van der Waals surface area contributed by atoms with Gasteiger partial charge in [-0.25, -0.2) is 9.59 Å². The summed E-state index contributed by atoms with van der Waals surface area (Å²) >= 11 is 2.12. The van der Waals surface area contributed by atoms with E-state index in [4.69, 9.17) is 47.4 Å². The largest absolute Gasteiger partial charge is 0.465 e. The molecule has 2 saturated carbocycles. The number of carbonyl (C=O) groups is 10. The Morgan fingerprint density at radius 1 is 0.529 bits per heavy atom. The standard InChI is InChI=1S/C63H66N2O20S2/c1-6-50(66)78-35-39(5)81-55(71)27-26-53(69)77-31-29-41-10-22-48(23-11-41)83-60(73)43-14-18-45(19-15-43)62(75)85-56-37(3)32-49(57-58(56)87-63(86-57)46(33-64)34-65)84-61(74)44-16-12-42(13-17-44)59(72)82-47-20-8-40(9-21-47)28-30-76-52(68)24-25-54(70)79-36-38(4)80-51(67)7-2/h6-11,20-23,32,38-39,42-45H,1-2,12-19,24-31,35-36H2,3-5H3. The Kier molecular flexibility index (Phi) is 26.2. The monoisotopic (exact) mass is 1230 g/mol. The zero-order valence-corrected chi connectivity index (χ0v) is 50.0. The number of thioether (sulfide) groups is 2. The normalized spacial score (nSPS) is 17.3. The molecule has 2 fully saturated rings. The van der Waals surface area contributed by atoms with Crippen LogP contribution in [0.2, 0.25) is 0 Å². The molecule has 1 aliphatic heterocycles. The second kappa shape index (κ2) is 33.8. The van der Waals surface area contributed by atoms with Crippen molar-refractivity contribution in [1.82, 2.24) is 0 Å². The van der Waals surface area contributed by atoms with Crippen molar-refractivity contribution in [3.8, 4) is 35.1 Å². The van der Waals surface area contributed by atoms with E-state index < -0.39 is 95.6 Å². The van der Waals surface area contributed by atoms with Crippen LogP contribution in [0.3, 0.4) is 0 Å². The van der Waals surface area contributed by atoms with Crippen LogP contribution in [0.1, 0.15) is 108 Å². The van der Waals surface area contributed by atoms with Gasteiger partial charge in [-0.05, 0) is 119 Å². The number of aryl methyl sites for hydroxylation is 1. The summed E-state index contributed by atoms with van der Waals surface area (Å²) in [6, 6.07) is 18.8. The van der Waals surface area contributed by atoms with Crippen molar-refractivity contribution in [2.45, 2.75) is 133 Å². The van der Waals surface area contributed by atoms with Gasteiger partial charge in [0.15, 0.2) is 0 Å². The van der Waals surface area contributed by atoms with Crippen molar-refractivity contribution in [2.24, 2.45) is 23.7 Å². The lowest BCUT2D eigenvalue weighted by atomic mass is 9.82. The first kappa shape index (κ1) is 67.4. The van der Waals surface area contributed by atoms with E-state index in [-0.39, 0.29) is 69.2 Å². The molecule has 3 aromatic carbocycles.